The van der Waals surface area contributed by atoms with Crippen LogP contribution in [0.5, 0.6) is 0 Å². The SMILES string of the molecule is CS(=O)(=O)Nc1ccc(C(=O)C=CC(=O)O)cc1. The number of carboxylic acid groups (broad SMARTS) is 1. The third kappa shape index (κ3) is 4.79. The molecule has 0 aromatic heterocycles. The van der Waals surface area contributed by atoms with E-state index in [1.165, 1.54) is 24.3 Å². The molecule has 0 amide bonds. The minimum Gasteiger partial charge on any atom is -0.478 e. The van der Waals surface area contributed by atoms with Crippen LogP contribution in [0.1, 0.15) is 10.4 Å². The molecule has 0 radical (unpaired) electrons. The Morgan fingerprint density at radius 2 is 1.72 bits per heavy atom. The first kappa shape index (κ1) is 13.9. The van der Waals surface area contributed by atoms with E-state index in [0.29, 0.717) is 5.69 Å². The Hall–Kier alpha value is -2.15. The van der Waals surface area contributed by atoms with Crippen LogP contribution in [0.2, 0.25) is 0 Å². The largest absolute Gasteiger partial charge is 0.478 e. The molecule has 0 aliphatic heterocycles. The van der Waals surface area contributed by atoms with Crippen LogP contribution < -0.4 is 4.72 Å². The smallest absolute Gasteiger partial charge is 0.328 e. The van der Waals surface area contributed by atoms with Crippen molar-refractivity contribution in [3.05, 3.63) is 42.0 Å². The molecule has 0 fully saturated rings. The Bertz CT molecular complexity index is 586. The number of sulfonamides is 1. The first-order valence-corrected chi connectivity index (χ1v) is 6.70. The molecule has 0 atom stereocenters. The van der Waals surface area contributed by atoms with Gasteiger partial charge in [0.2, 0.25) is 10.0 Å². The van der Waals surface area contributed by atoms with E-state index >= 15 is 0 Å². The molecule has 7 heteroatoms. The number of hydrogen-bond donors (Lipinski definition) is 2. The summed E-state index contributed by atoms with van der Waals surface area (Å²) in [6.45, 7) is 0. The van der Waals surface area contributed by atoms with E-state index in [0.717, 1.165) is 18.4 Å². The van der Waals surface area contributed by atoms with Crippen LogP contribution in [0.3, 0.4) is 0 Å². The van der Waals surface area contributed by atoms with Gasteiger partial charge in [-0.15, -0.1) is 0 Å². The molecule has 18 heavy (non-hydrogen) atoms. The highest BCUT2D eigenvalue weighted by molar-refractivity contribution is 7.92. The maximum absolute atomic E-state index is 11.5. The summed E-state index contributed by atoms with van der Waals surface area (Å²) in [6.07, 6.45) is 2.69. The molecule has 0 bridgehead atoms. The van der Waals surface area contributed by atoms with Gasteiger partial charge >= 0.3 is 5.97 Å². The number of aliphatic carboxylic acids is 1. The highest BCUT2D eigenvalue weighted by atomic mass is 32.2. The zero-order valence-corrected chi connectivity index (χ0v) is 10.3. The van der Waals surface area contributed by atoms with Crippen LogP contribution in [-0.4, -0.2) is 31.5 Å². The molecule has 0 spiro atoms. The van der Waals surface area contributed by atoms with Gasteiger partial charge in [-0.1, -0.05) is 0 Å². The Labute approximate surface area is 104 Å². The number of benzene rings is 1. The van der Waals surface area contributed by atoms with E-state index in [4.69, 9.17) is 5.11 Å². The van der Waals surface area contributed by atoms with Crippen molar-refractivity contribution in [2.45, 2.75) is 0 Å². The number of rotatable bonds is 5. The number of anilines is 1. The monoisotopic (exact) mass is 269 g/mol. The van der Waals surface area contributed by atoms with Gasteiger partial charge in [0.25, 0.3) is 0 Å². The average molecular weight is 269 g/mol. The summed E-state index contributed by atoms with van der Waals surface area (Å²) >= 11 is 0. The molecule has 1 rings (SSSR count). The first-order chi connectivity index (χ1) is 8.28. The van der Waals surface area contributed by atoms with Crippen molar-refractivity contribution in [2.75, 3.05) is 11.0 Å². The minimum absolute atomic E-state index is 0.270. The van der Waals surface area contributed by atoms with Crippen LogP contribution in [0.25, 0.3) is 0 Å². The van der Waals surface area contributed by atoms with E-state index < -0.39 is 21.8 Å². The second kappa shape index (κ2) is 5.46. The van der Waals surface area contributed by atoms with Crippen molar-refractivity contribution < 1.29 is 23.1 Å². The lowest BCUT2D eigenvalue weighted by Crippen LogP contribution is -2.09. The number of hydrogen-bond acceptors (Lipinski definition) is 4. The highest BCUT2D eigenvalue weighted by Gasteiger charge is 2.05. The molecule has 0 unspecified atom stereocenters. The van der Waals surface area contributed by atoms with E-state index in [2.05, 4.69) is 4.72 Å². The fourth-order valence-corrected chi connectivity index (χ4v) is 1.72. The average Bonchev–Trinajstić information content (AvgIpc) is 2.24. The van der Waals surface area contributed by atoms with E-state index in [-0.39, 0.29) is 5.56 Å². The predicted octanol–water partition coefficient (Wildman–Crippen LogP) is 0.882. The topological polar surface area (TPSA) is 101 Å². The first-order valence-electron chi connectivity index (χ1n) is 4.81. The van der Waals surface area contributed by atoms with Crippen molar-refractivity contribution in [1.82, 2.24) is 0 Å². The van der Waals surface area contributed by atoms with Crippen molar-refractivity contribution in [2.24, 2.45) is 0 Å². The predicted molar refractivity (Wildman–Crippen MR) is 66.0 cm³/mol. The summed E-state index contributed by atoms with van der Waals surface area (Å²) in [6, 6.07) is 5.65. The summed E-state index contributed by atoms with van der Waals surface area (Å²) < 4.78 is 24.1. The molecule has 2 N–H and O–H groups in total. The Morgan fingerprint density at radius 1 is 1.17 bits per heavy atom. The van der Waals surface area contributed by atoms with Crippen molar-refractivity contribution >= 4 is 27.5 Å². The molecule has 0 aliphatic rings. The molecular weight excluding hydrogens is 258 g/mol. The van der Waals surface area contributed by atoms with Gasteiger partial charge in [0.1, 0.15) is 0 Å². The quantitative estimate of drug-likeness (QED) is 0.610. The van der Waals surface area contributed by atoms with E-state index in [1.807, 2.05) is 0 Å². The molecule has 0 aliphatic carbocycles. The Morgan fingerprint density at radius 3 is 2.17 bits per heavy atom. The minimum atomic E-state index is -3.36. The highest BCUT2D eigenvalue weighted by Crippen LogP contribution is 2.11. The van der Waals surface area contributed by atoms with Crippen LogP contribution in [0.15, 0.2) is 36.4 Å². The molecule has 0 heterocycles. The molecule has 1 aromatic rings. The lowest BCUT2D eigenvalue weighted by atomic mass is 10.1. The van der Waals surface area contributed by atoms with Gasteiger partial charge in [-0.25, -0.2) is 13.2 Å². The zero-order valence-electron chi connectivity index (χ0n) is 9.45. The van der Waals surface area contributed by atoms with Crippen LogP contribution >= 0.6 is 0 Å². The summed E-state index contributed by atoms with van der Waals surface area (Å²) in [5.74, 6) is -1.68. The number of nitrogens with one attached hydrogen (secondary N) is 1. The molecule has 6 nitrogen and oxygen atoms in total. The summed E-state index contributed by atoms with van der Waals surface area (Å²) in [7, 11) is -3.36. The second-order valence-corrected chi connectivity index (χ2v) is 5.24. The number of carbonyl (C=O) groups excluding carboxylic acids is 1. The molecule has 0 saturated carbocycles. The third-order valence-corrected chi connectivity index (χ3v) is 2.46. The number of carbonyl (C=O) groups is 2. The Kier molecular flexibility index (Phi) is 4.22. The fourth-order valence-electron chi connectivity index (χ4n) is 1.16. The van der Waals surface area contributed by atoms with Crippen molar-refractivity contribution in [1.29, 1.82) is 0 Å². The normalized spacial score (nSPS) is 11.4. The van der Waals surface area contributed by atoms with Gasteiger partial charge in [0, 0.05) is 17.3 Å². The maximum atomic E-state index is 11.5. The Balaban J connectivity index is 2.83. The second-order valence-electron chi connectivity index (χ2n) is 3.49. The summed E-state index contributed by atoms with van der Waals surface area (Å²) in [5, 5.41) is 8.37. The van der Waals surface area contributed by atoms with Crippen LogP contribution in [0.4, 0.5) is 5.69 Å². The fraction of sp³-hybridized carbons (Fsp3) is 0.0909. The third-order valence-electron chi connectivity index (χ3n) is 1.85. The summed E-state index contributed by atoms with van der Waals surface area (Å²) in [5.41, 5.74) is 0.600. The summed E-state index contributed by atoms with van der Waals surface area (Å²) in [4.78, 5) is 21.7. The number of allylic oxidation sites excluding steroid dienone is 1. The van der Waals surface area contributed by atoms with Gasteiger partial charge in [0.05, 0.1) is 6.26 Å². The molecular formula is C11H11NO5S. The standard InChI is InChI=1S/C11H11NO5S/c1-18(16,17)12-9-4-2-8(3-5-9)10(13)6-7-11(14)15/h2-7,12H,1H3,(H,14,15). The van der Waals surface area contributed by atoms with Gasteiger partial charge in [-0.05, 0) is 30.3 Å². The lowest BCUT2D eigenvalue weighted by Gasteiger charge is -2.03. The number of ketones is 1. The van der Waals surface area contributed by atoms with Crippen LogP contribution in [-0.2, 0) is 14.8 Å². The maximum Gasteiger partial charge on any atom is 0.328 e. The zero-order chi connectivity index (χ0) is 13.8. The lowest BCUT2D eigenvalue weighted by molar-refractivity contribution is -0.131. The molecule has 1 aromatic carbocycles. The molecule has 0 saturated heterocycles. The van der Waals surface area contributed by atoms with E-state index in [1.54, 1.807) is 0 Å². The van der Waals surface area contributed by atoms with Gasteiger partial charge < -0.3 is 5.11 Å². The van der Waals surface area contributed by atoms with E-state index in [9.17, 15) is 18.0 Å². The van der Waals surface area contributed by atoms with Crippen LogP contribution in [0, 0.1) is 0 Å². The molecule has 96 valence electrons. The van der Waals surface area contributed by atoms with Crippen molar-refractivity contribution in [3.63, 3.8) is 0 Å². The van der Waals surface area contributed by atoms with Crippen molar-refractivity contribution in [3.8, 4) is 0 Å². The van der Waals surface area contributed by atoms with Gasteiger partial charge in [-0.3, -0.25) is 9.52 Å². The van der Waals surface area contributed by atoms with Gasteiger partial charge in [0.15, 0.2) is 5.78 Å². The van der Waals surface area contributed by atoms with Gasteiger partial charge in [-0.2, -0.15) is 0 Å². The number of carboxylic acids is 1.